The van der Waals surface area contributed by atoms with Crippen LogP contribution in [0.25, 0.3) is 0 Å². The van der Waals surface area contributed by atoms with Crippen LogP contribution in [0.15, 0.2) is 10.3 Å². The smallest absolute Gasteiger partial charge is 0.324 e. The molecular formula is C10H14ClNO4S2. The van der Waals surface area contributed by atoms with Crippen molar-refractivity contribution in [1.82, 2.24) is 4.72 Å². The highest BCUT2D eigenvalue weighted by Gasteiger charge is 2.36. The Morgan fingerprint density at radius 2 is 2.17 bits per heavy atom. The number of carboxylic acid groups (broad SMARTS) is 1. The summed E-state index contributed by atoms with van der Waals surface area (Å²) < 4.78 is 26.7. The fourth-order valence-electron chi connectivity index (χ4n) is 1.18. The number of nitrogens with one attached hydrogen (secondary N) is 1. The number of hydrogen-bond acceptors (Lipinski definition) is 4. The van der Waals surface area contributed by atoms with Crippen LogP contribution in [0.4, 0.5) is 0 Å². The van der Waals surface area contributed by atoms with Gasteiger partial charge in [-0.1, -0.05) is 18.5 Å². The third-order valence-corrected chi connectivity index (χ3v) is 6.26. The SMILES string of the molecule is CCC(C)(NS(=O)(=O)c1cc(C)c(Cl)s1)C(=O)O. The van der Waals surface area contributed by atoms with E-state index < -0.39 is 21.5 Å². The molecule has 0 spiro atoms. The molecule has 1 aromatic heterocycles. The van der Waals surface area contributed by atoms with E-state index >= 15 is 0 Å². The highest BCUT2D eigenvalue weighted by atomic mass is 35.5. The monoisotopic (exact) mass is 311 g/mol. The van der Waals surface area contributed by atoms with Crippen molar-refractivity contribution >= 4 is 38.9 Å². The average Bonchev–Trinajstić information content (AvgIpc) is 2.59. The van der Waals surface area contributed by atoms with Gasteiger partial charge in [-0.3, -0.25) is 4.79 Å². The van der Waals surface area contributed by atoms with Crippen LogP contribution in [-0.4, -0.2) is 25.0 Å². The van der Waals surface area contributed by atoms with Gasteiger partial charge in [0.05, 0.1) is 4.34 Å². The maximum absolute atomic E-state index is 12.1. The first-order valence-corrected chi connectivity index (χ1v) is 7.83. The number of carboxylic acids is 1. The summed E-state index contributed by atoms with van der Waals surface area (Å²) in [5, 5.41) is 9.05. The van der Waals surface area contributed by atoms with Crippen molar-refractivity contribution < 1.29 is 18.3 Å². The van der Waals surface area contributed by atoms with Crippen LogP contribution in [0.1, 0.15) is 25.8 Å². The molecule has 1 atom stereocenters. The minimum atomic E-state index is -3.87. The van der Waals surface area contributed by atoms with Gasteiger partial charge in [-0.15, -0.1) is 11.3 Å². The first-order chi connectivity index (χ1) is 8.12. The minimum absolute atomic E-state index is 0.0194. The Balaban J connectivity index is 3.13. The highest BCUT2D eigenvalue weighted by Crippen LogP contribution is 2.30. The molecule has 0 saturated carbocycles. The number of aryl methyl sites for hydroxylation is 1. The Morgan fingerprint density at radius 3 is 2.50 bits per heavy atom. The molecule has 8 heteroatoms. The molecule has 0 fully saturated rings. The normalized spacial score (nSPS) is 15.3. The van der Waals surface area contributed by atoms with Gasteiger partial charge in [-0.05, 0) is 31.9 Å². The zero-order valence-corrected chi connectivity index (χ0v) is 12.5. The molecule has 0 aromatic carbocycles. The lowest BCUT2D eigenvalue weighted by Gasteiger charge is -2.23. The Kier molecular flexibility index (Phi) is 4.42. The molecule has 0 aliphatic heterocycles. The number of carbonyl (C=O) groups is 1. The lowest BCUT2D eigenvalue weighted by molar-refractivity contribution is -0.143. The molecule has 0 saturated heterocycles. The summed E-state index contributed by atoms with van der Waals surface area (Å²) in [6.45, 7) is 4.62. The number of thiophene rings is 1. The second-order valence-electron chi connectivity index (χ2n) is 4.12. The third-order valence-electron chi connectivity index (χ3n) is 2.64. The van der Waals surface area contributed by atoms with E-state index in [-0.39, 0.29) is 10.6 Å². The number of halogens is 1. The van der Waals surface area contributed by atoms with Crippen LogP contribution in [-0.2, 0) is 14.8 Å². The van der Waals surface area contributed by atoms with Gasteiger partial charge in [-0.25, -0.2) is 8.42 Å². The van der Waals surface area contributed by atoms with Gasteiger partial charge in [0, 0.05) is 0 Å². The third kappa shape index (κ3) is 3.03. The Hall–Kier alpha value is -0.630. The maximum Gasteiger partial charge on any atom is 0.324 e. The van der Waals surface area contributed by atoms with Crippen molar-refractivity contribution in [2.24, 2.45) is 0 Å². The molecule has 102 valence electrons. The molecule has 1 heterocycles. The molecule has 1 unspecified atom stereocenters. The first-order valence-electron chi connectivity index (χ1n) is 5.15. The molecule has 18 heavy (non-hydrogen) atoms. The molecule has 5 nitrogen and oxygen atoms in total. The summed E-state index contributed by atoms with van der Waals surface area (Å²) in [6.07, 6.45) is 0.139. The summed E-state index contributed by atoms with van der Waals surface area (Å²) in [4.78, 5) is 11.1. The van der Waals surface area contributed by atoms with Crippen LogP contribution in [0.5, 0.6) is 0 Å². The predicted molar refractivity (Wildman–Crippen MR) is 70.7 cm³/mol. The quantitative estimate of drug-likeness (QED) is 0.873. The van der Waals surface area contributed by atoms with E-state index in [1.807, 2.05) is 0 Å². The van der Waals surface area contributed by atoms with Crippen LogP contribution in [0, 0.1) is 6.92 Å². The van der Waals surface area contributed by atoms with Gasteiger partial charge in [0.25, 0.3) is 10.0 Å². The summed E-state index contributed by atoms with van der Waals surface area (Å²) >= 11 is 6.72. The standard InChI is InChI=1S/C10H14ClNO4S2/c1-4-10(3,9(13)14)12-18(15,16)7-5-6(2)8(11)17-7/h5,12H,4H2,1-3H3,(H,13,14). The van der Waals surface area contributed by atoms with Crippen LogP contribution in [0.2, 0.25) is 4.34 Å². The molecule has 2 N–H and O–H groups in total. The van der Waals surface area contributed by atoms with Gasteiger partial charge in [-0.2, -0.15) is 4.72 Å². The van der Waals surface area contributed by atoms with Crippen LogP contribution >= 0.6 is 22.9 Å². The van der Waals surface area contributed by atoms with E-state index in [0.717, 1.165) is 11.3 Å². The average molecular weight is 312 g/mol. The Labute approximate surface area is 115 Å². The molecular weight excluding hydrogens is 298 g/mol. The second-order valence-corrected chi connectivity index (χ2v) is 7.68. The summed E-state index contributed by atoms with van der Waals surface area (Å²) in [7, 11) is -3.87. The van der Waals surface area contributed by atoms with E-state index in [2.05, 4.69) is 4.72 Å². The lowest BCUT2D eigenvalue weighted by atomic mass is 10.0. The van der Waals surface area contributed by atoms with Gasteiger partial charge in [0.2, 0.25) is 0 Å². The molecule has 1 aromatic rings. The van der Waals surface area contributed by atoms with Gasteiger partial charge < -0.3 is 5.11 Å². The van der Waals surface area contributed by atoms with Gasteiger partial charge >= 0.3 is 5.97 Å². The minimum Gasteiger partial charge on any atom is -0.480 e. The number of aliphatic carboxylic acids is 1. The van der Waals surface area contributed by atoms with Crippen molar-refractivity contribution in [3.8, 4) is 0 Å². The molecule has 0 bridgehead atoms. The lowest BCUT2D eigenvalue weighted by Crippen LogP contribution is -2.51. The summed E-state index contributed by atoms with van der Waals surface area (Å²) in [5.74, 6) is -1.21. The van der Waals surface area contributed by atoms with Crippen molar-refractivity contribution in [3.63, 3.8) is 0 Å². The van der Waals surface area contributed by atoms with Crippen LogP contribution in [0.3, 0.4) is 0 Å². The van der Waals surface area contributed by atoms with Crippen molar-refractivity contribution in [1.29, 1.82) is 0 Å². The number of rotatable bonds is 5. The van der Waals surface area contributed by atoms with Crippen LogP contribution < -0.4 is 4.72 Å². The van der Waals surface area contributed by atoms with E-state index in [1.165, 1.54) is 13.0 Å². The van der Waals surface area contributed by atoms with Gasteiger partial charge in [0.1, 0.15) is 9.75 Å². The topological polar surface area (TPSA) is 83.5 Å². The Bertz CT molecular complexity index is 547. The van der Waals surface area contributed by atoms with Gasteiger partial charge in [0.15, 0.2) is 0 Å². The van der Waals surface area contributed by atoms with E-state index in [0.29, 0.717) is 9.90 Å². The largest absolute Gasteiger partial charge is 0.480 e. The summed E-state index contributed by atoms with van der Waals surface area (Å²) in [6, 6.07) is 1.42. The maximum atomic E-state index is 12.1. The zero-order chi connectivity index (χ0) is 14.1. The fraction of sp³-hybridized carbons (Fsp3) is 0.500. The summed E-state index contributed by atoms with van der Waals surface area (Å²) in [5.41, 5.74) is -0.876. The predicted octanol–water partition coefficient (Wildman–Crippen LogP) is 2.24. The van der Waals surface area contributed by atoms with Crippen molar-refractivity contribution in [3.05, 3.63) is 16.0 Å². The van der Waals surface area contributed by atoms with E-state index in [1.54, 1.807) is 13.8 Å². The van der Waals surface area contributed by atoms with Crippen molar-refractivity contribution in [2.45, 2.75) is 36.9 Å². The van der Waals surface area contributed by atoms with E-state index in [9.17, 15) is 13.2 Å². The second kappa shape index (κ2) is 5.16. The molecule has 0 aliphatic carbocycles. The van der Waals surface area contributed by atoms with E-state index in [4.69, 9.17) is 16.7 Å². The molecule has 0 radical (unpaired) electrons. The number of sulfonamides is 1. The van der Waals surface area contributed by atoms with Crippen molar-refractivity contribution in [2.75, 3.05) is 0 Å². The Morgan fingerprint density at radius 1 is 1.61 bits per heavy atom. The molecule has 1 rings (SSSR count). The fourth-order valence-corrected chi connectivity index (χ4v) is 4.32. The highest BCUT2D eigenvalue weighted by molar-refractivity contribution is 7.91. The zero-order valence-electron chi connectivity index (χ0n) is 10.2. The molecule has 0 amide bonds. The first kappa shape index (κ1) is 15.4. The molecule has 0 aliphatic rings. The number of hydrogen-bond donors (Lipinski definition) is 2.